The molecule has 0 spiro atoms. The highest BCUT2D eigenvalue weighted by Crippen LogP contribution is 2.30. The third-order valence-electron chi connectivity index (χ3n) is 3.85. The molecular weight excluding hydrogens is 343 g/mol. The number of nitrogens with zero attached hydrogens (tertiary/aromatic N) is 1. The summed E-state index contributed by atoms with van der Waals surface area (Å²) in [5, 5.41) is 0. The van der Waals surface area contributed by atoms with Crippen LogP contribution in [-0.2, 0) is 14.3 Å². The van der Waals surface area contributed by atoms with Gasteiger partial charge in [-0.1, -0.05) is 18.2 Å². The molecule has 25 heavy (non-hydrogen) atoms. The van der Waals surface area contributed by atoms with Crippen LogP contribution in [0.4, 0.5) is 4.39 Å². The summed E-state index contributed by atoms with van der Waals surface area (Å²) in [6.07, 6.45) is 2.37. The molecule has 2 heterocycles. The first kappa shape index (κ1) is 17.3. The summed E-state index contributed by atoms with van der Waals surface area (Å²) in [4.78, 5) is 26.6. The van der Waals surface area contributed by atoms with Crippen molar-refractivity contribution in [2.75, 3.05) is 19.7 Å². The Labute approximate surface area is 148 Å². The van der Waals surface area contributed by atoms with E-state index in [2.05, 4.69) is 0 Å². The van der Waals surface area contributed by atoms with E-state index in [-0.39, 0.29) is 24.9 Å². The van der Waals surface area contributed by atoms with Crippen molar-refractivity contribution in [1.82, 2.24) is 4.90 Å². The number of rotatable bonds is 4. The molecular formula is C18H17FN2O3S. The Balaban J connectivity index is 1.67. The van der Waals surface area contributed by atoms with Crippen LogP contribution in [-0.4, -0.2) is 42.5 Å². The van der Waals surface area contributed by atoms with Gasteiger partial charge in [0.1, 0.15) is 5.82 Å². The Morgan fingerprint density at radius 2 is 2.08 bits per heavy atom. The predicted octanol–water partition coefficient (Wildman–Crippen LogP) is 2.28. The van der Waals surface area contributed by atoms with Crippen LogP contribution in [0, 0.1) is 5.82 Å². The van der Waals surface area contributed by atoms with Gasteiger partial charge in [0.05, 0.1) is 13.2 Å². The second-order valence-corrected chi connectivity index (χ2v) is 6.68. The number of halogens is 1. The average Bonchev–Trinajstić information content (AvgIpc) is 3.09. The summed E-state index contributed by atoms with van der Waals surface area (Å²) in [6.45, 7) is 0.852. The van der Waals surface area contributed by atoms with Gasteiger partial charge < -0.3 is 15.4 Å². The molecule has 130 valence electrons. The first-order valence-electron chi connectivity index (χ1n) is 7.77. The molecule has 0 radical (unpaired) electrons. The Bertz CT molecular complexity index is 818. The first-order valence-corrected chi connectivity index (χ1v) is 8.59. The molecule has 1 aliphatic rings. The molecule has 1 aliphatic heterocycles. The molecule has 1 atom stereocenters. The van der Waals surface area contributed by atoms with E-state index < -0.39 is 12.0 Å². The second kappa shape index (κ2) is 7.58. The van der Waals surface area contributed by atoms with Crippen LogP contribution in [0.3, 0.4) is 0 Å². The van der Waals surface area contributed by atoms with E-state index in [1.54, 1.807) is 24.3 Å². The fourth-order valence-corrected chi connectivity index (χ4v) is 3.47. The third kappa shape index (κ3) is 4.12. The van der Waals surface area contributed by atoms with Crippen LogP contribution in [0.15, 0.2) is 42.5 Å². The number of amides is 2. The normalized spacial score (nSPS) is 17.8. The van der Waals surface area contributed by atoms with E-state index in [1.165, 1.54) is 28.4 Å². The molecule has 2 amide bonds. The minimum absolute atomic E-state index is 0.156. The number of ether oxygens (including phenoxy) is 1. The molecule has 2 aromatic rings. The van der Waals surface area contributed by atoms with Crippen molar-refractivity contribution in [2.45, 2.75) is 6.10 Å². The highest BCUT2D eigenvalue weighted by atomic mass is 32.1. The average molecular weight is 360 g/mol. The summed E-state index contributed by atoms with van der Waals surface area (Å²) < 4.78 is 19.0. The lowest BCUT2D eigenvalue weighted by Gasteiger charge is -2.30. The fourth-order valence-electron chi connectivity index (χ4n) is 2.53. The SMILES string of the molecule is NC(=O)C1CN(C(=O)/C=C/c2ccc(-c3ccccc3F)s2)CCO1. The number of carbonyl (C=O) groups excluding carboxylic acids is 2. The summed E-state index contributed by atoms with van der Waals surface area (Å²) >= 11 is 1.40. The minimum Gasteiger partial charge on any atom is -0.367 e. The van der Waals surface area contributed by atoms with Crippen molar-refractivity contribution in [3.8, 4) is 10.4 Å². The Kier molecular flexibility index (Phi) is 5.25. The number of morpholine rings is 1. The second-order valence-electron chi connectivity index (χ2n) is 5.56. The van der Waals surface area contributed by atoms with Crippen molar-refractivity contribution in [3.63, 3.8) is 0 Å². The zero-order chi connectivity index (χ0) is 17.8. The highest BCUT2D eigenvalue weighted by molar-refractivity contribution is 7.16. The van der Waals surface area contributed by atoms with Crippen molar-refractivity contribution in [3.05, 3.63) is 53.2 Å². The van der Waals surface area contributed by atoms with Crippen LogP contribution < -0.4 is 5.73 Å². The van der Waals surface area contributed by atoms with Crippen LogP contribution in [0.25, 0.3) is 16.5 Å². The Hall–Kier alpha value is -2.51. The van der Waals surface area contributed by atoms with Gasteiger partial charge in [0, 0.05) is 27.9 Å². The molecule has 5 nitrogen and oxygen atoms in total. The zero-order valence-corrected chi connectivity index (χ0v) is 14.2. The molecule has 1 aromatic carbocycles. The molecule has 1 aromatic heterocycles. The van der Waals surface area contributed by atoms with Crippen LogP contribution in [0.5, 0.6) is 0 Å². The van der Waals surface area contributed by atoms with E-state index in [4.69, 9.17) is 10.5 Å². The number of hydrogen-bond donors (Lipinski definition) is 1. The van der Waals surface area contributed by atoms with Gasteiger partial charge >= 0.3 is 0 Å². The largest absolute Gasteiger partial charge is 0.367 e. The third-order valence-corrected chi connectivity index (χ3v) is 4.94. The van der Waals surface area contributed by atoms with E-state index in [0.29, 0.717) is 12.1 Å². The maximum atomic E-state index is 13.8. The molecule has 0 bridgehead atoms. The monoisotopic (exact) mass is 360 g/mol. The standard InChI is InChI=1S/C18H17FN2O3S/c19-14-4-2-1-3-13(14)16-7-5-12(25-16)6-8-17(22)21-9-10-24-15(11-21)18(20)23/h1-8,15H,9-11H2,(H2,20,23)/b8-6+. The number of carbonyl (C=O) groups is 2. The number of primary amides is 1. The lowest BCUT2D eigenvalue weighted by Crippen LogP contribution is -2.50. The lowest BCUT2D eigenvalue weighted by molar-refractivity contribution is -0.142. The number of hydrogen-bond acceptors (Lipinski definition) is 4. The quantitative estimate of drug-likeness (QED) is 0.850. The first-order chi connectivity index (χ1) is 12.0. The summed E-state index contributed by atoms with van der Waals surface area (Å²) in [7, 11) is 0. The molecule has 1 saturated heterocycles. The molecule has 2 N–H and O–H groups in total. The molecule has 1 unspecified atom stereocenters. The van der Waals surface area contributed by atoms with Crippen LogP contribution in [0.1, 0.15) is 4.88 Å². The fraction of sp³-hybridized carbons (Fsp3) is 0.222. The van der Waals surface area contributed by atoms with Gasteiger partial charge in [-0.25, -0.2) is 4.39 Å². The number of thiophene rings is 1. The smallest absolute Gasteiger partial charge is 0.248 e. The van der Waals surface area contributed by atoms with Gasteiger partial charge in [0.15, 0.2) is 6.10 Å². The Morgan fingerprint density at radius 1 is 1.28 bits per heavy atom. The summed E-state index contributed by atoms with van der Waals surface area (Å²) in [5.41, 5.74) is 5.75. The summed E-state index contributed by atoms with van der Waals surface area (Å²) in [6, 6.07) is 10.2. The minimum atomic E-state index is -0.763. The van der Waals surface area contributed by atoms with E-state index in [9.17, 15) is 14.0 Å². The molecule has 0 saturated carbocycles. The maximum absolute atomic E-state index is 13.8. The number of nitrogens with two attached hydrogens (primary N) is 1. The predicted molar refractivity (Wildman–Crippen MR) is 94.3 cm³/mol. The van der Waals surface area contributed by atoms with Gasteiger partial charge in [-0.05, 0) is 24.3 Å². The summed E-state index contributed by atoms with van der Waals surface area (Å²) in [5.74, 6) is -1.06. The van der Waals surface area contributed by atoms with E-state index in [1.807, 2.05) is 12.1 Å². The van der Waals surface area contributed by atoms with Crippen LogP contribution in [0.2, 0.25) is 0 Å². The van der Waals surface area contributed by atoms with Crippen LogP contribution >= 0.6 is 11.3 Å². The zero-order valence-electron chi connectivity index (χ0n) is 13.4. The Morgan fingerprint density at radius 3 is 2.84 bits per heavy atom. The highest BCUT2D eigenvalue weighted by Gasteiger charge is 2.26. The van der Waals surface area contributed by atoms with Crippen molar-refractivity contribution in [2.24, 2.45) is 5.73 Å². The lowest BCUT2D eigenvalue weighted by atomic mass is 10.2. The van der Waals surface area contributed by atoms with Crippen molar-refractivity contribution in [1.29, 1.82) is 0 Å². The topological polar surface area (TPSA) is 72.6 Å². The molecule has 3 rings (SSSR count). The molecule has 1 fully saturated rings. The van der Waals surface area contributed by atoms with Gasteiger partial charge in [0.25, 0.3) is 0 Å². The van der Waals surface area contributed by atoms with Gasteiger partial charge in [-0.2, -0.15) is 0 Å². The van der Waals surface area contributed by atoms with E-state index in [0.717, 1.165) is 9.75 Å². The molecule has 0 aliphatic carbocycles. The maximum Gasteiger partial charge on any atom is 0.248 e. The van der Waals surface area contributed by atoms with Gasteiger partial charge in [0.2, 0.25) is 11.8 Å². The van der Waals surface area contributed by atoms with Crippen molar-refractivity contribution < 1.29 is 18.7 Å². The van der Waals surface area contributed by atoms with Gasteiger partial charge in [-0.15, -0.1) is 11.3 Å². The number of benzene rings is 1. The van der Waals surface area contributed by atoms with Gasteiger partial charge in [-0.3, -0.25) is 9.59 Å². The van der Waals surface area contributed by atoms with E-state index >= 15 is 0 Å². The van der Waals surface area contributed by atoms with Crippen molar-refractivity contribution >= 4 is 29.2 Å². The molecule has 7 heteroatoms.